The quantitative estimate of drug-likeness (QED) is 0.689. The molecule has 3 nitrogen and oxygen atoms in total. The number of ether oxygens (including phenoxy) is 2. The van der Waals surface area contributed by atoms with Gasteiger partial charge in [-0.3, -0.25) is 4.90 Å². The van der Waals surface area contributed by atoms with Crippen molar-refractivity contribution in [1.29, 1.82) is 0 Å². The maximum Gasteiger partial charge on any atom is 0.126 e. The van der Waals surface area contributed by atoms with Gasteiger partial charge in [0.15, 0.2) is 0 Å². The minimum absolute atomic E-state index is 0.0380. The molecular weight excluding hydrogens is 250 g/mol. The summed E-state index contributed by atoms with van der Waals surface area (Å²) in [6.45, 7) is 13.5. The smallest absolute Gasteiger partial charge is 0.126 e. The highest BCUT2D eigenvalue weighted by molar-refractivity contribution is 5.16. The van der Waals surface area contributed by atoms with E-state index in [1.165, 1.54) is 6.42 Å². The van der Waals surface area contributed by atoms with Gasteiger partial charge < -0.3 is 9.47 Å². The molecule has 0 spiro atoms. The summed E-state index contributed by atoms with van der Waals surface area (Å²) < 4.78 is 11.9. The summed E-state index contributed by atoms with van der Waals surface area (Å²) in [5.41, 5.74) is -0.311. The van der Waals surface area contributed by atoms with Gasteiger partial charge in [0, 0.05) is 13.1 Å². The van der Waals surface area contributed by atoms with E-state index in [1.54, 1.807) is 0 Å². The van der Waals surface area contributed by atoms with Crippen molar-refractivity contribution in [2.75, 3.05) is 19.6 Å². The van der Waals surface area contributed by atoms with Crippen LogP contribution in [0, 0.1) is 11.8 Å². The molecule has 0 aromatic heterocycles. The van der Waals surface area contributed by atoms with E-state index in [4.69, 9.17) is 9.47 Å². The number of rotatable bonds is 1. The fourth-order valence-electron chi connectivity index (χ4n) is 3.40. The van der Waals surface area contributed by atoms with Crippen LogP contribution in [0.15, 0.2) is 0 Å². The molecule has 2 fully saturated rings. The van der Waals surface area contributed by atoms with Gasteiger partial charge in [-0.15, -0.1) is 0 Å². The highest BCUT2D eigenvalue weighted by atomic mass is 16.5. The number of hydrogen-bond donors (Lipinski definition) is 0. The van der Waals surface area contributed by atoms with Crippen molar-refractivity contribution in [2.24, 2.45) is 0 Å². The van der Waals surface area contributed by atoms with Crippen LogP contribution >= 0.6 is 0 Å². The lowest BCUT2D eigenvalue weighted by molar-refractivity contribution is -0.135. The molecule has 3 atom stereocenters. The lowest BCUT2D eigenvalue weighted by Crippen LogP contribution is -2.45. The molecule has 0 radical (unpaired) electrons. The molecule has 0 aliphatic carbocycles. The van der Waals surface area contributed by atoms with Crippen LogP contribution in [0.25, 0.3) is 0 Å². The zero-order valence-corrected chi connectivity index (χ0v) is 13.7. The van der Waals surface area contributed by atoms with Crippen LogP contribution in [0.4, 0.5) is 0 Å². The molecule has 0 saturated carbocycles. The molecule has 0 unspecified atom stereocenters. The molecule has 2 rings (SSSR count). The summed E-state index contributed by atoms with van der Waals surface area (Å²) in [7, 11) is 0. The third-order valence-corrected chi connectivity index (χ3v) is 4.08. The van der Waals surface area contributed by atoms with Gasteiger partial charge in [0.1, 0.15) is 5.60 Å². The first-order chi connectivity index (χ1) is 9.28. The molecule has 2 heterocycles. The summed E-state index contributed by atoms with van der Waals surface area (Å²) >= 11 is 0. The van der Waals surface area contributed by atoms with E-state index in [0.29, 0.717) is 12.2 Å². The van der Waals surface area contributed by atoms with Crippen molar-refractivity contribution in [3.63, 3.8) is 0 Å². The number of nitrogens with zero attached hydrogens (tertiary/aromatic N) is 1. The van der Waals surface area contributed by atoms with Crippen LogP contribution < -0.4 is 0 Å². The van der Waals surface area contributed by atoms with Gasteiger partial charge in [0.2, 0.25) is 0 Å². The Morgan fingerprint density at radius 1 is 1.10 bits per heavy atom. The first kappa shape index (κ1) is 15.8. The average molecular weight is 279 g/mol. The van der Waals surface area contributed by atoms with Gasteiger partial charge in [-0.2, -0.15) is 0 Å². The highest BCUT2D eigenvalue weighted by Crippen LogP contribution is 2.34. The minimum Gasteiger partial charge on any atom is -0.373 e. The summed E-state index contributed by atoms with van der Waals surface area (Å²) in [6.07, 6.45) is 3.98. The summed E-state index contributed by atoms with van der Waals surface area (Å²) in [4.78, 5) is 2.38. The number of morpholine rings is 1. The highest BCUT2D eigenvalue weighted by Gasteiger charge is 2.35. The molecule has 114 valence electrons. The number of hydrogen-bond acceptors (Lipinski definition) is 3. The maximum absolute atomic E-state index is 6.18. The standard InChI is InChI=1S/C17H29NO2/c1-14-12-18(13-15(2)19-14)11-7-10-17(5)9-6-8-16(3,4)20-17/h14-15H,6,8-9,11-13H2,1-5H3/t14-,15-,17-/m0/s1. The predicted octanol–water partition coefficient (Wildman–Crippen LogP) is 2.84. The van der Waals surface area contributed by atoms with E-state index >= 15 is 0 Å². The maximum atomic E-state index is 6.18. The van der Waals surface area contributed by atoms with Gasteiger partial charge in [0.25, 0.3) is 0 Å². The second-order valence-electron chi connectivity index (χ2n) is 7.20. The van der Waals surface area contributed by atoms with Crippen molar-refractivity contribution >= 4 is 0 Å². The zero-order chi connectivity index (χ0) is 14.8. The Morgan fingerprint density at radius 3 is 2.35 bits per heavy atom. The van der Waals surface area contributed by atoms with Crippen molar-refractivity contribution in [2.45, 2.75) is 77.3 Å². The fourth-order valence-corrected chi connectivity index (χ4v) is 3.40. The van der Waals surface area contributed by atoms with Crippen molar-refractivity contribution in [1.82, 2.24) is 4.90 Å². The molecule has 20 heavy (non-hydrogen) atoms. The van der Waals surface area contributed by atoms with E-state index in [2.05, 4.69) is 51.4 Å². The van der Waals surface area contributed by atoms with Gasteiger partial charge >= 0.3 is 0 Å². The van der Waals surface area contributed by atoms with Gasteiger partial charge in [-0.1, -0.05) is 11.8 Å². The summed E-state index contributed by atoms with van der Waals surface area (Å²) in [5, 5.41) is 0. The Bertz CT molecular complexity index is 386. The Balaban J connectivity index is 1.90. The molecule has 2 aliphatic heterocycles. The van der Waals surface area contributed by atoms with Crippen molar-refractivity contribution in [3.05, 3.63) is 0 Å². The Morgan fingerprint density at radius 2 is 1.75 bits per heavy atom. The van der Waals surface area contributed by atoms with Gasteiger partial charge in [0.05, 0.1) is 24.4 Å². The SMILES string of the molecule is C[C@H]1CN(CC#C[C@]2(C)CCCC(C)(C)O2)C[C@H](C)O1. The lowest BCUT2D eigenvalue weighted by atomic mass is 9.88. The normalized spacial score (nSPS) is 38.0. The van der Waals surface area contributed by atoms with E-state index < -0.39 is 0 Å². The van der Waals surface area contributed by atoms with Gasteiger partial charge in [-0.25, -0.2) is 0 Å². The van der Waals surface area contributed by atoms with Crippen LogP contribution in [-0.4, -0.2) is 47.9 Å². The van der Waals surface area contributed by atoms with E-state index in [0.717, 1.165) is 32.5 Å². The van der Waals surface area contributed by atoms with Crippen molar-refractivity contribution < 1.29 is 9.47 Å². The molecule has 2 aliphatic rings. The summed E-state index contributed by atoms with van der Waals surface area (Å²) in [5.74, 6) is 6.72. The monoisotopic (exact) mass is 279 g/mol. The third kappa shape index (κ3) is 4.48. The van der Waals surface area contributed by atoms with Gasteiger partial charge in [-0.05, 0) is 53.9 Å². The van der Waals surface area contributed by atoms with E-state index in [-0.39, 0.29) is 11.2 Å². The molecule has 2 saturated heterocycles. The largest absolute Gasteiger partial charge is 0.373 e. The third-order valence-electron chi connectivity index (χ3n) is 4.08. The van der Waals surface area contributed by atoms with Crippen LogP contribution in [0.5, 0.6) is 0 Å². The molecule has 0 N–H and O–H groups in total. The minimum atomic E-state index is -0.273. The predicted molar refractivity (Wildman–Crippen MR) is 81.6 cm³/mol. The average Bonchev–Trinajstić information content (AvgIpc) is 2.25. The molecule has 0 amide bonds. The molecule has 0 aromatic carbocycles. The first-order valence-electron chi connectivity index (χ1n) is 7.86. The Labute approximate surface area is 124 Å². The molecule has 3 heteroatoms. The van der Waals surface area contributed by atoms with Crippen molar-refractivity contribution in [3.8, 4) is 11.8 Å². The topological polar surface area (TPSA) is 21.7 Å². The lowest BCUT2D eigenvalue weighted by Gasteiger charge is -2.40. The fraction of sp³-hybridized carbons (Fsp3) is 0.882. The van der Waals surface area contributed by atoms with E-state index in [9.17, 15) is 0 Å². The first-order valence-corrected chi connectivity index (χ1v) is 7.86. The van der Waals surface area contributed by atoms with Crippen LogP contribution in [0.2, 0.25) is 0 Å². The Kier molecular flexibility index (Phi) is 4.79. The zero-order valence-electron chi connectivity index (χ0n) is 13.7. The molecular formula is C17H29NO2. The Hall–Kier alpha value is -0.560. The second-order valence-corrected chi connectivity index (χ2v) is 7.20. The molecule has 0 aromatic rings. The second kappa shape index (κ2) is 6.05. The van der Waals surface area contributed by atoms with Crippen LogP contribution in [0.1, 0.15) is 53.9 Å². The summed E-state index contributed by atoms with van der Waals surface area (Å²) in [6, 6.07) is 0. The molecule has 0 bridgehead atoms. The van der Waals surface area contributed by atoms with Crippen LogP contribution in [-0.2, 0) is 9.47 Å². The van der Waals surface area contributed by atoms with Crippen LogP contribution in [0.3, 0.4) is 0 Å². The van der Waals surface area contributed by atoms with E-state index in [1.807, 2.05) is 0 Å².